The fourth-order valence-electron chi connectivity index (χ4n) is 3.20. The number of hydrogen-bond donors (Lipinski definition) is 1. The van der Waals surface area contributed by atoms with Crippen molar-refractivity contribution in [3.63, 3.8) is 0 Å². The summed E-state index contributed by atoms with van der Waals surface area (Å²) in [4.78, 5) is 25.7. The molecule has 5 heteroatoms. The van der Waals surface area contributed by atoms with Crippen molar-refractivity contribution < 1.29 is 19.4 Å². The van der Waals surface area contributed by atoms with E-state index in [1.165, 1.54) is 0 Å². The monoisotopic (exact) mass is 339 g/mol. The molecule has 1 aliphatic rings. The maximum Gasteiger partial charge on any atom is 0.312 e. The number of carboxylic acid groups (broad SMARTS) is 1. The van der Waals surface area contributed by atoms with Gasteiger partial charge in [0.1, 0.15) is 5.75 Å². The van der Waals surface area contributed by atoms with E-state index in [1.54, 1.807) is 4.90 Å². The van der Waals surface area contributed by atoms with Gasteiger partial charge in [0.2, 0.25) is 0 Å². The minimum absolute atomic E-state index is 0.0988. The number of amides is 1. The lowest BCUT2D eigenvalue weighted by atomic mass is 9.90. The standard InChI is InChI=1S/C20H21NO4/c1-13-7-8-18(14(2)9-13)25-12-19(22)21-10-15-5-3-4-6-16(15)17(11-21)20(23)24/h3-9,17H,10-12H2,1-2H3,(H,23,24). The van der Waals surface area contributed by atoms with Crippen LogP contribution in [0.15, 0.2) is 42.5 Å². The van der Waals surface area contributed by atoms with Gasteiger partial charge in [-0.25, -0.2) is 0 Å². The van der Waals surface area contributed by atoms with Gasteiger partial charge in [-0.3, -0.25) is 9.59 Å². The molecule has 0 bridgehead atoms. The highest BCUT2D eigenvalue weighted by molar-refractivity contribution is 5.82. The fourth-order valence-corrected chi connectivity index (χ4v) is 3.20. The van der Waals surface area contributed by atoms with Gasteiger partial charge < -0.3 is 14.7 Å². The Balaban J connectivity index is 1.71. The number of rotatable bonds is 4. The molecule has 1 amide bonds. The lowest BCUT2D eigenvalue weighted by Gasteiger charge is -2.32. The van der Waals surface area contributed by atoms with Gasteiger partial charge in [0, 0.05) is 13.1 Å². The predicted octanol–water partition coefficient (Wildman–Crippen LogP) is 2.89. The minimum atomic E-state index is -0.916. The number of fused-ring (bicyclic) bond motifs is 1. The Kier molecular flexibility index (Phi) is 4.74. The number of carbonyl (C=O) groups is 2. The average Bonchev–Trinajstić information content (AvgIpc) is 2.59. The van der Waals surface area contributed by atoms with E-state index >= 15 is 0 Å². The van der Waals surface area contributed by atoms with E-state index in [1.807, 2.05) is 56.3 Å². The predicted molar refractivity (Wildman–Crippen MR) is 93.6 cm³/mol. The third kappa shape index (κ3) is 3.65. The molecule has 0 saturated carbocycles. The Morgan fingerprint density at radius 3 is 2.68 bits per heavy atom. The first-order valence-corrected chi connectivity index (χ1v) is 8.24. The first-order chi connectivity index (χ1) is 12.0. The number of aryl methyl sites for hydroxylation is 2. The smallest absolute Gasteiger partial charge is 0.312 e. The molecule has 130 valence electrons. The molecule has 1 unspecified atom stereocenters. The Morgan fingerprint density at radius 1 is 1.20 bits per heavy atom. The number of ether oxygens (including phenoxy) is 1. The van der Waals surface area contributed by atoms with Crippen molar-refractivity contribution >= 4 is 11.9 Å². The zero-order chi connectivity index (χ0) is 18.0. The molecule has 0 spiro atoms. The van der Waals surface area contributed by atoms with Crippen molar-refractivity contribution in [2.75, 3.05) is 13.2 Å². The molecule has 1 heterocycles. The second-order valence-corrected chi connectivity index (χ2v) is 6.42. The summed E-state index contributed by atoms with van der Waals surface area (Å²) >= 11 is 0. The van der Waals surface area contributed by atoms with Crippen molar-refractivity contribution in [3.8, 4) is 5.75 Å². The highest BCUT2D eigenvalue weighted by Gasteiger charge is 2.32. The fraction of sp³-hybridized carbons (Fsp3) is 0.300. The third-order valence-corrected chi connectivity index (χ3v) is 4.53. The summed E-state index contributed by atoms with van der Waals surface area (Å²) in [5.74, 6) is -1.15. The van der Waals surface area contributed by atoms with E-state index < -0.39 is 11.9 Å². The van der Waals surface area contributed by atoms with Crippen LogP contribution in [-0.2, 0) is 16.1 Å². The number of carboxylic acids is 1. The molecule has 1 atom stereocenters. The van der Waals surface area contributed by atoms with Gasteiger partial charge in [0.05, 0.1) is 5.92 Å². The third-order valence-electron chi connectivity index (χ3n) is 4.53. The summed E-state index contributed by atoms with van der Waals surface area (Å²) in [7, 11) is 0. The SMILES string of the molecule is Cc1ccc(OCC(=O)N2Cc3ccccc3C(C(=O)O)C2)c(C)c1. The summed E-state index contributed by atoms with van der Waals surface area (Å²) in [5, 5.41) is 9.49. The van der Waals surface area contributed by atoms with Crippen molar-refractivity contribution in [2.24, 2.45) is 0 Å². The molecular formula is C20H21NO4. The van der Waals surface area contributed by atoms with Gasteiger partial charge in [-0.05, 0) is 36.6 Å². The van der Waals surface area contributed by atoms with Crippen molar-refractivity contribution in [1.29, 1.82) is 0 Å². The molecule has 3 rings (SSSR count). The first kappa shape index (κ1) is 17.0. The Bertz CT molecular complexity index is 815. The van der Waals surface area contributed by atoms with Crippen molar-refractivity contribution in [3.05, 3.63) is 64.7 Å². The lowest BCUT2D eigenvalue weighted by Crippen LogP contribution is -2.42. The zero-order valence-corrected chi connectivity index (χ0v) is 14.4. The number of aliphatic carboxylic acids is 1. The summed E-state index contributed by atoms with van der Waals surface area (Å²) in [6, 6.07) is 13.2. The molecule has 2 aromatic carbocycles. The molecule has 5 nitrogen and oxygen atoms in total. The van der Waals surface area contributed by atoms with Gasteiger partial charge in [-0.2, -0.15) is 0 Å². The highest BCUT2D eigenvalue weighted by atomic mass is 16.5. The van der Waals surface area contributed by atoms with Crippen LogP contribution >= 0.6 is 0 Å². The second kappa shape index (κ2) is 6.97. The minimum Gasteiger partial charge on any atom is -0.484 e. The number of benzene rings is 2. The van der Waals surface area contributed by atoms with Crippen LogP contribution in [0.1, 0.15) is 28.2 Å². The van der Waals surface area contributed by atoms with E-state index in [0.717, 1.165) is 22.3 Å². The Morgan fingerprint density at radius 2 is 1.96 bits per heavy atom. The number of nitrogens with zero attached hydrogens (tertiary/aromatic N) is 1. The van der Waals surface area contributed by atoms with E-state index in [4.69, 9.17) is 4.74 Å². The van der Waals surface area contributed by atoms with Gasteiger partial charge >= 0.3 is 5.97 Å². The Labute approximate surface area is 146 Å². The quantitative estimate of drug-likeness (QED) is 0.930. The van der Waals surface area contributed by atoms with Crippen LogP contribution in [0.25, 0.3) is 0 Å². The van der Waals surface area contributed by atoms with Crippen LogP contribution in [0.4, 0.5) is 0 Å². The van der Waals surface area contributed by atoms with E-state index in [9.17, 15) is 14.7 Å². The van der Waals surface area contributed by atoms with Crippen LogP contribution in [0, 0.1) is 13.8 Å². The van der Waals surface area contributed by atoms with Gasteiger partial charge in [-0.15, -0.1) is 0 Å². The molecule has 0 aliphatic carbocycles. The molecule has 1 N–H and O–H groups in total. The summed E-state index contributed by atoms with van der Waals surface area (Å²) in [6.07, 6.45) is 0. The summed E-state index contributed by atoms with van der Waals surface area (Å²) in [6.45, 7) is 4.42. The summed E-state index contributed by atoms with van der Waals surface area (Å²) in [5.41, 5.74) is 3.77. The van der Waals surface area contributed by atoms with E-state index in [2.05, 4.69) is 0 Å². The molecule has 25 heavy (non-hydrogen) atoms. The highest BCUT2D eigenvalue weighted by Crippen LogP contribution is 2.28. The maximum atomic E-state index is 12.5. The molecule has 2 aromatic rings. The molecule has 0 radical (unpaired) electrons. The van der Waals surface area contributed by atoms with Crippen LogP contribution in [0.3, 0.4) is 0 Å². The molecule has 0 saturated heterocycles. The lowest BCUT2D eigenvalue weighted by molar-refractivity contribution is -0.142. The molecule has 0 fully saturated rings. The normalized spacial score (nSPS) is 16.2. The van der Waals surface area contributed by atoms with Crippen LogP contribution in [-0.4, -0.2) is 35.0 Å². The topological polar surface area (TPSA) is 66.8 Å². The van der Waals surface area contributed by atoms with Crippen LogP contribution in [0.5, 0.6) is 5.75 Å². The molecule has 1 aliphatic heterocycles. The first-order valence-electron chi connectivity index (χ1n) is 8.24. The van der Waals surface area contributed by atoms with Crippen molar-refractivity contribution in [1.82, 2.24) is 4.90 Å². The van der Waals surface area contributed by atoms with Gasteiger partial charge in [-0.1, -0.05) is 42.0 Å². The largest absolute Gasteiger partial charge is 0.484 e. The van der Waals surface area contributed by atoms with Gasteiger partial charge in [0.15, 0.2) is 6.61 Å². The molecular weight excluding hydrogens is 318 g/mol. The van der Waals surface area contributed by atoms with Crippen molar-refractivity contribution in [2.45, 2.75) is 26.3 Å². The number of carbonyl (C=O) groups excluding carboxylic acids is 1. The van der Waals surface area contributed by atoms with E-state index in [0.29, 0.717) is 12.3 Å². The average molecular weight is 339 g/mol. The Hall–Kier alpha value is -2.82. The zero-order valence-electron chi connectivity index (χ0n) is 14.4. The second-order valence-electron chi connectivity index (χ2n) is 6.42. The number of hydrogen-bond acceptors (Lipinski definition) is 3. The molecule has 0 aromatic heterocycles. The summed E-state index contributed by atoms with van der Waals surface area (Å²) < 4.78 is 5.65. The maximum absolute atomic E-state index is 12.5. The van der Waals surface area contributed by atoms with E-state index in [-0.39, 0.29) is 19.1 Å². The van der Waals surface area contributed by atoms with Crippen LogP contribution < -0.4 is 4.74 Å². The van der Waals surface area contributed by atoms with Crippen LogP contribution in [0.2, 0.25) is 0 Å². The van der Waals surface area contributed by atoms with Gasteiger partial charge in [0.25, 0.3) is 5.91 Å².